The minimum Gasteiger partial charge on any atom is -0.384 e. The van der Waals surface area contributed by atoms with E-state index in [0.717, 1.165) is 0 Å². The first-order valence-corrected chi connectivity index (χ1v) is 4.99. The summed E-state index contributed by atoms with van der Waals surface area (Å²) in [5.41, 5.74) is 2.57. The van der Waals surface area contributed by atoms with Gasteiger partial charge in [-0.25, -0.2) is 0 Å². The van der Waals surface area contributed by atoms with Crippen molar-refractivity contribution >= 4 is 6.08 Å². The SMILES string of the molecule is C/C(=C/c1ccccc1)NC(C)(C)C. The van der Waals surface area contributed by atoms with Crippen molar-refractivity contribution in [3.8, 4) is 0 Å². The Labute approximate surface area is 86.8 Å². The predicted molar refractivity (Wildman–Crippen MR) is 63.0 cm³/mol. The molecular weight excluding hydrogens is 170 g/mol. The van der Waals surface area contributed by atoms with E-state index in [4.69, 9.17) is 0 Å². The lowest BCUT2D eigenvalue weighted by atomic mass is 10.1. The van der Waals surface area contributed by atoms with E-state index in [1.54, 1.807) is 0 Å². The molecule has 0 saturated heterocycles. The Morgan fingerprint density at radius 3 is 2.21 bits per heavy atom. The fourth-order valence-electron chi connectivity index (χ4n) is 1.43. The summed E-state index contributed by atoms with van der Waals surface area (Å²) < 4.78 is 0. The summed E-state index contributed by atoms with van der Waals surface area (Å²) in [6.07, 6.45) is 2.16. The summed E-state index contributed by atoms with van der Waals surface area (Å²) in [6.45, 7) is 8.58. The molecule has 0 aliphatic carbocycles. The second-order valence-electron chi connectivity index (χ2n) is 4.61. The molecule has 0 aliphatic rings. The highest BCUT2D eigenvalue weighted by atomic mass is 14.9. The second-order valence-corrected chi connectivity index (χ2v) is 4.61. The fourth-order valence-corrected chi connectivity index (χ4v) is 1.43. The Hall–Kier alpha value is -1.24. The zero-order chi connectivity index (χ0) is 10.6. The van der Waals surface area contributed by atoms with Gasteiger partial charge in [0.1, 0.15) is 0 Å². The molecule has 1 aromatic rings. The van der Waals surface area contributed by atoms with Crippen LogP contribution in [0, 0.1) is 0 Å². The van der Waals surface area contributed by atoms with Gasteiger partial charge in [-0.15, -0.1) is 0 Å². The summed E-state index contributed by atoms with van der Waals surface area (Å²) in [6, 6.07) is 10.3. The van der Waals surface area contributed by atoms with E-state index in [-0.39, 0.29) is 5.54 Å². The molecule has 1 rings (SSSR count). The largest absolute Gasteiger partial charge is 0.384 e. The van der Waals surface area contributed by atoms with Gasteiger partial charge >= 0.3 is 0 Å². The van der Waals surface area contributed by atoms with Crippen LogP contribution < -0.4 is 5.32 Å². The topological polar surface area (TPSA) is 12.0 Å². The molecule has 0 heterocycles. The van der Waals surface area contributed by atoms with E-state index in [0.29, 0.717) is 0 Å². The normalized spacial score (nSPS) is 12.7. The van der Waals surface area contributed by atoms with Crippen molar-refractivity contribution in [1.82, 2.24) is 5.32 Å². The first-order chi connectivity index (χ1) is 6.47. The molecule has 1 nitrogen and oxygen atoms in total. The van der Waals surface area contributed by atoms with Crippen LogP contribution >= 0.6 is 0 Å². The van der Waals surface area contributed by atoms with Gasteiger partial charge in [0.15, 0.2) is 0 Å². The van der Waals surface area contributed by atoms with Crippen LogP contribution in [0.3, 0.4) is 0 Å². The Kier molecular flexibility index (Phi) is 3.34. The van der Waals surface area contributed by atoms with Crippen LogP contribution in [-0.4, -0.2) is 5.54 Å². The molecule has 14 heavy (non-hydrogen) atoms. The van der Waals surface area contributed by atoms with E-state index in [1.165, 1.54) is 11.3 Å². The number of nitrogens with one attached hydrogen (secondary N) is 1. The van der Waals surface area contributed by atoms with Crippen molar-refractivity contribution in [2.24, 2.45) is 0 Å². The molecule has 1 aromatic carbocycles. The van der Waals surface area contributed by atoms with Crippen molar-refractivity contribution in [3.63, 3.8) is 0 Å². The Balaban J connectivity index is 2.70. The predicted octanol–water partition coefficient (Wildman–Crippen LogP) is 3.44. The molecule has 0 fully saturated rings. The maximum Gasteiger partial charge on any atom is 0.0286 e. The van der Waals surface area contributed by atoms with Gasteiger partial charge in [-0.05, 0) is 39.3 Å². The highest BCUT2D eigenvalue weighted by molar-refractivity contribution is 5.51. The molecule has 0 atom stereocenters. The summed E-state index contributed by atoms with van der Waals surface area (Å²) in [7, 11) is 0. The smallest absolute Gasteiger partial charge is 0.0286 e. The molecule has 0 bridgehead atoms. The monoisotopic (exact) mass is 189 g/mol. The Morgan fingerprint density at radius 1 is 1.14 bits per heavy atom. The average molecular weight is 189 g/mol. The number of hydrogen-bond donors (Lipinski definition) is 1. The van der Waals surface area contributed by atoms with E-state index in [9.17, 15) is 0 Å². The third-order valence-corrected chi connectivity index (χ3v) is 1.75. The van der Waals surface area contributed by atoms with Crippen molar-refractivity contribution in [1.29, 1.82) is 0 Å². The van der Waals surface area contributed by atoms with Gasteiger partial charge in [0.25, 0.3) is 0 Å². The van der Waals surface area contributed by atoms with Gasteiger partial charge < -0.3 is 5.32 Å². The average Bonchev–Trinajstić information content (AvgIpc) is 2.02. The highest BCUT2D eigenvalue weighted by Gasteiger charge is 2.07. The summed E-state index contributed by atoms with van der Waals surface area (Å²) >= 11 is 0. The molecule has 0 amide bonds. The first-order valence-electron chi connectivity index (χ1n) is 4.99. The van der Waals surface area contributed by atoms with Gasteiger partial charge in [0.05, 0.1) is 0 Å². The maximum atomic E-state index is 3.43. The quantitative estimate of drug-likeness (QED) is 0.751. The molecule has 0 saturated carbocycles. The fraction of sp³-hybridized carbons (Fsp3) is 0.385. The number of benzene rings is 1. The molecule has 0 radical (unpaired) electrons. The molecule has 0 aromatic heterocycles. The van der Waals surface area contributed by atoms with Crippen LogP contribution in [0.15, 0.2) is 36.0 Å². The zero-order valence-electron chi connectivity index (χ0n) is 9.46. The summed E-state index contributed by atoms with van der Waals surface area (Å²) in [4.78, 5) is 0. The summed E-state index contributed by atoms with van der Waals surface area (Å²) in [5.74, 6) is 0. The van der Waals surface area contributed by atoms with Crippen molar-refractivity contribution in [3.05, 3.63) is 41.6 Å². The minimum absolute atomic E-state index is 0.134. The number of rotatable bonds is 2. The number of hydrogen-bond acceptors (Lipinski definition) is 1. The van der Waals surface area contributed by atoms with Gasteiger partial charge in [-0.3, -0.25) is 0 Å². The molecule has 1 N–H and O–H groups in total. The van der Waals surface area contributed by atoms with Crippen LogP contribution in [0.4, 0.5) is 0 Å². The van der Waals surface area contributed by atoms with E-state index in [1.807, 2.05) is 6.07 Å². The van der Waals surface area contributed by atoms with Crippen LogP contribution in [0.5, 0.6) is 0 Å². The van der Waals surface area contributed by atoms with Crippen molar-refractivity contribution < 1.29 is 0 Å². The van der Waals surface area contributed by atoms with E-state index in [2.05, 4.69) is 63.4 Å². The van der Waals surface area contributed by atoms with Crippen molar-refractivity contribution in [2.75, 3.05) is 0 Å². The van der Waals surface area contributed by atoms with Gasteiger partial charge in [0, 0.05) is 11.2 Å². The maximum absolute atomic E-state index is 3.43. The van der Waals surface area contributed by atoms with Gasteiger partial charge in [0.2, 0.25) is 0 Å². The molecule has 0 aliphatic heterocycles. The molecule has 0 spiro atoms. The van der Waals surface area contributed by atoms with Gasteiger partial charge in [-0.1, -0.05) is 30.3 Å². The highest BCUT2D eigenvalue weighted by Crippen LogP contribution is 2.08. The Morgan fingerprint density at radius 2 is 1.71 bits per heavy atom. The van der Waals surface area contributed by atoms with E-state index < -0.39 is 0 Å². The molecular formula is C13H19N. The van der Waals surface area contributed by atoms with Crippen LogP contribution in [0.25, 0.3) is 6.08 Å². The van der Waals surface area contributed by atoms with Crippen LogP contribution in [0.1, 0.15) is 33.3 Å². The third-order valence-electron chi connectivity index (χ3n) is 1.75. The van der Waals surface area contributed by atoms with E-state index >= 15 is 0 Å². The second kappa shape index (κ2) is 4.32. The Bertz CT molecular complexity index is 304. The molecule has 0 unspecified atom stereocenters. The third kappa shape index (κ3) is 4.13. The lowest BCUT2D eigenvalue weighted by Crippen LogP contribution is -2.33. The zero-order valence-corrected chi connectivity index (χ0v) is 9.46. The standard InChI is InChI=1S/C13H19N/c1-11(14-13(2,3)4)10-12-8-6-5-7-9-12/h5-10,14H,1-4H3/b11-10-. The molecule has 1 heteroatoms. The van der Waals surface area contributed by atoms with Gasteiger partial charge in [-0.2, -0.15) is 0 Å². The first kappa shape index (κ1) is 10.8. The minimum atomic E-state index is 0.134. The molecule has 76 valence electrons. The van der Waals surface area contributed by atoms with Crippen LogP contribution in [-0.2, 0) is 0 Å². The lowest BCUT2D eigenvalue weighted by molar-refractivity contribution is 0.475. The number of allylic oxidation sites excluding steroid dienone is 1. The van der Waals surface area contributed by atoms with Crippen molar-refractivity contribution in [2.45, 2.75) is 33.2 Å². The van der Waals surface area contributed by atoms with Crippen LogP contribution in [0.2, 0.25) is 0 Å². The lowest BCUT2D eigenvalue weighted by Gasteiger charge is -2.22. The summed E-state index contributed by atoms with van der Waals surface area (Å²) in [5, 5.41) is 3.43.